The van der Waals surface area contributed by atoms with E-state index < -0.39 is 31.5 Å². The monoisotopic (exact) mass is 848 g/mol. The molecule has 6 aromatic carbocycles. The largest absolute Gasteiger partial charge is 3.00 e. The van der Waals surface area contributed by atoms with E-state index >= 15 is 0 Å². The summed E-state index contributed by atoms with van der Waals surface area (Å²) in [7, 11) is -7.55. The fraction of sp³-hybridized carbons (Fsp3) is 0.158. The number of rotatable bonds is 10. The number of benzene rings is 6. The molecular formula is C38H34CoN6NaO8S2. The smallest absolute Gasteiger partial charge is 0.871 e. The maximum Gasteiger partial charge on any atom is 3.00 e. The van der Waals surface area contributed by atoms with Gasteiger partial charge in [0.1, 0.15) is 0 Å². The molecule has 6 aromatic rings. The number of nitrogens with one attached hydrogen (secondary N) is 2. The Morgan fingerprint density at radius 1 is 0.482 bits per heavy atom. The Hall–Kier alpha value is -4.43. The summed E-state index contributed by atoms with van der Waals surface area (Å²) in [6.07, 6.45) is 0. The molecule has 2 N–H and O–H groups in total. The van der Waals surface area contributed by atoms with Crippen molar-refractivity contribution in [3.8, 4) is 23.0 Å². The first-order valence-corrected chi connectivity index (χ1v) is 19.4. The van der Waals surface area contributed by atoms with E-state index in [1.165, 1.54) is 24.3 Å². The fourth-order valence-corrected chi connectivity index (χ4v) is 7.67. The van der Waals surface area contributed by atoms with Gasteiger partial charge in [-0.05, 0) is 62.7 Å². The molecule has 0 fully saturated rings. The normalized spacial score (nSPS) is 11.8. The quantitative estimate of drug-likeness (QED) is 0.153. The van der Waals surface area contributed by atoms with Gasteiger partial charge in [0.25, 0.3) is 0 Å². The van der Waals surface area contributed by atoms with Crippen LogP contribution in [0.15, 0.2) is 139 Å². The van der Waals surface area contributed by atoms with E-state index in [9.17, 15) is 37.3 Å². The molecule has 0 unspecified atom stereocenters. The summed E-state index contributed by atoms with van der Waals surface area (Å²) >= 11 is 0. The zero-order chi connectivity index (χ0) is 39.2. The molecule has 6 rings (SSSR count). The second kappa shape index (κ2) is 19.6. The van der Waals surface area contributed by atoms with Crippen molar-refractivity contribution in [1.82, 2.24) is 9.44 Å². The maximum absolute atomic E-state index is 12.3. The minimum Gasteiger partial charge on any atom is -0.871 e. The molecule has 0 saturated heterocycles. The van der Waals surface area contributed by atoms with Crippen molar-refractivity contribution in [1.29, 1.82) is 0 Å². The van der Waals surface area contributed by atoms with Crippen molar-refractivity contribution >= 4 is 64.3 Å². The third kappa shape index (κ3) is 11.3. The minimum absolute atomic E-state index is 0. The summed E-state index contributed by atoms with van der Waals surface area (Å²) < 4.78 is 54.0. The van der Waals surface area contributed by atoms with Crippen LogP contribution in [0.2, 0.25) is 0 Å². The van der Waals surface area contributed by atoms with E-state index in [1.54, 1.807) is 64.1 Å². The molecule has 18 heteroatoms. The molecule has 0 amide bonds. The van der Waals surface area contributed by atoms with Gasteiger partial charge in [0.2, 0.25) is 20.0 Å². The summed E-state index contributed by atoms with van der Waals surface area (Å²) in [5.41, 5.74) is -0.120. The second-order valence-corrected chi connectivity index (χ2v) is 15.9. The van der Waals surface area contributed by atoms with Gasteiger partial charge in [-0.2, -0.15) is 20.5 Å². The minimum atomic E-state index is -3.78. The van der Waals surface area contributed by atoms with Crippen molar-refractivity contribution in [2.45, 2.75) is 49.6 Å². The number of hydrogen-bond donors (Lipinski definition) is 2. The number of fused-ring (bicyclic) bond motifs is 2. The summed E-state index contributed by atoms with van der Waals surface area (Å²) in [5.74, 6) is -1.66. The van der Waals surface area contributed by atoms with Crippen LogP contribution in [0, 0.1) is 0 Å². The van der Waals surface area contributed by atoms with E-state index in [0.717, 1.165) is 35.0 Å². The molecule has 286 valence electrons. The number of hydrogen-bond acceptors (Lipinski definition) is 12. The molecule has 0 aliphatic carbocycles. The van der Waals surface area contributed by atoms with Crippen LogP contribution in [0.1, 0.15) is 27.7 Å². The predicted molar refractivity (Wildman–Crippen MR) is 198 cm³/mol. The van der Waals surface area contributed by atoms with Crippen molar-refractivity contribution in [3.63, 3.8) is 0 Å². The van der Waals surface area contributed by atoms with Crippen molar-refractivity contribution in [3.05, 3.63) is 109 Å². The first-order chi connectivity index (χ1) is 25.6. The van der Waals surface area contributed by atoms with Crippen LogP contribution in [-0.2, 0) is 36.8 Å². The number of sulfonamides is 2. The molecule has 0 aromatic heterocycles. The first-order valence-electron chi connectivity index (χ1n) is 16.4. The van der Waals surface area contributed by atoms with Crippen LogP contribution in [0.4, 0.5) is 22.7 Å². The van der Waals surface area contributed by atoms with Crippen molar-refractivity contribution in [2.75, 3.05) is 0 Å². The van der Waals surface area contributed by atoms with Gasteiger partial charge in [0, 0.05) is 22.9 Å². The van der Waals surface area contributed by atoms with Gasteiger partial charge in [0.15, 0.2) is 0 Å². The van der Waals surface area contributed by atoms with Crippen LogP contribution < -0.4 is 59.4 Å². The van der Waals surface area contributed by atoms with Crippen LogP contribution in [0.3, 0.4) is 0 Å². The van der Waals surface area contributed by atoms with E-state index in [4.69, 9.17) is 0 Å². The summed E-state index contributed by atoms with van der Waals surface area (Å²) in [4.78, 5) is -0.185. The van der Waals surface area contributed by atoms with Gasteiger partial charge in [-0.15, -0.1) is 0 Å². The van der Waals surface area contributed by atoms with Crippen LogP contribution in [-0.4, -0.2) is 28.9 Å². The molecule has 0 saturated carbocycles. The summed E-state index contributed by atoms with van der Waals surface area (Å²) in [6, 6.07) is 26.8. The zero-order valence-electron chi connectivity index (χ0n) is 30.8. The average Bonchev–Trinajstić information content (AvgIpc) is 3.11. The van der Waals surface area contributed by atoms with Gasteiger partial charge >= 0.3 is 46.3 Å². The molecule has 0 spiro atoms. The van der Waals surface area contributed by atoms with Crippen molar-refractivity contribution < 1.29 is 83.6 Å². The third-order valence-corrected chi connectivity index (χ3v) is 10.8. The SMILES string of the molecule is CC(C)NS(=O)(=O)c1ccc([O-])c(N=Nc2c([O-])ccc3ccccc23)c1.CC(C)NS(=O)(=O)c1ccc([O-])c(N=Nc2c([O-])ccc3ccccc23)c1.[Co+3].[Na+]. The molecule has 14 nitrogen and oxygen atoms in total. The third-order valence-electron chi connectivity index (χ3n) is 7.51. The molecule has 0 bridgehead atoms. The van der Waals surface area contributed by atoms with Gasteiger partial charge in [-0.3, -0.25) is 0 Å². The van der Waals surface area contributed by atoms with Crippen LogP contribution in [0.25, 0.3) is 21.5 Å². The molecule has 0 aliphatic heterocycles. The van der Waals surface area contributed by atoms with Crippen LogP contribution >= 0.6 is 0 Å². The Labute approximate surface area is 357 Å². The van der Waals surface area contributed by atoms with E-state index in [2.05, 4.69) is 29.9 Å². The molecule has 56 heavy (non-hydrogen) atoms. The van der Waals surface area contributed by atoms with Gasteiger partial charge in [0.05, 0.1) is 32.5 Å². The van der Waals surface area contributed by atoms with E-state index in [1.807, 2.05) is 24.3 Å². The molecule has 0 aliphatic rings. The molecule has 0 heterocycles. The van der Waals surface area contributed by atoms with Gasteiger partial charge < -0.3 is 20.4 Å². The Kier molecular flexibility index (Phi) is 16.1. The molecule has 0 atom stereocenters. The Balaban J connectivity index is 0.000000290. The average molecular weight is 849 g/mol. The zero-order valence-corrected chi connectivity index (χ0v) is 35.4. The van der Waals surface area contributed by atoms with E-state index in [-0.39, 0.29) is 102 Å². The maximum atomic E-state index is 12.3. The topological polar surface area (TPSA) is 234 Å². The number of nitrogens with zero attached hydrogens (tertiary/aromatic N) is 4. The van der Waals surface area contributed by atoms with E-state index in [0.29, 0.717) is 10.8 Å². The summed E-state index contributed by atoms with van der Waals surface area (Å²) in [6.45, 7) is 6.76. The van der Waals surface area contributed by atoms with Gasteiger partial charge in [-0.25, -0.2) is 26.3 Å². The first kappa shape index (κ1) is 46.0. The molecule has 0 radical (unpaired) electrons. The van der Waals surface area contributed by atoms with Gasteiger partial charge in [-0.1, -0.05) is 108 Å². The standard InChI is InChI=1S/2C19H19N3O4S.Co.Na/c2*1-12(2)22-27(25,26)14-8-10-17(23)16(11-14)20-21-19-15-6-4-3-5-13(15)7-9-18(19)24;;/h2*3-12,22-24H,1-2H3;;/q;;+3;+1/p-4. The summed E-state index contributed by atoms with van der Waals surface area (Å²) in [5, 5.41) is 66.8. The Bertz CT molecular complexity index is 2450. The molecular weight excluding hydrogens is 815 g/mol. The Morgan fingerprint density at radius 2 is 0.821 bits per heavy atom. The fourth-order valence-electron chi connectivity index (χ4n) is 5.13. The number of azo groups is 2. The van der Waals surface area contributed by atoms with Crippen LogP contribution in [0.5, 0.6) is 23.0 Å². The predicted octanol–water partition coefficient (Wildman–Crippen LogP) is 3.18. The van der Waals surface area contributed by atoms with Crippen molar-refractivity contribution in [2.24, 2.45) is 20.5 Å². The second-order valence-electron chi connectivity index (χ2n) is 12.5. The Morgan fingerprint density at radius 3 is 1.18 bits per heavy atom.